The molecular weight excluding hydrogens is 248 g/mol. The van der Waals surface area contributed by atoms with Gasteiger partial charge in [0.2, 0.25) is 0 Å². The largest absolute Gasteiger partial charge is 0.500 e. The number of hydrogen-bond donors (Lipinski definition) is 0. The Morgan fingerprint density at radius 3 is 2.41 bits per heavy atom. The molecule has 0 saturated heterocycles. The monoisotopic (exact) mass is 266 g/mol. The first-order chi connectivity index (χ1) is 7.72. The van der Waals surface area contributed by atoms with Gasteiger partial charge >= 0.3 is 0 Å². The maximum atomic E-state index is 5.89. The summed E-state index contributed by atoms with van der Waals surface area (Å²) in [4.78, 5) is 0. The second-order valence-corrected chi connectivity index (χ2v) is 10.8. The van der Waals surface area contributed by atoms with E-state index in [1.54, 1.807) is 0 Å². The highest BCUT2D eigenvalue weighted by Gasteiger charge is 2.38. The Morgan fingerprint density at radius 2 is 1.88 bits per heavy atom. The van der Waals surface area contributed by atoms with Crippen molar-refractivity contribution in [1.29, 1.82) is 0 Å². The lowest BCUT2D eigenvalue weighted by atomic mass is 10.2. The lowest BCUT2D eigenvalue weighted by Crippen LogP contribution is -2.39. The lowest BCUT2D eigenvalue weighted by molar-refractivity contribution is 0.461. The van der Waals surface area contributed by atoms with Crippen molar-refractivity contribution in [2.24, 2.45) is 0 Å². The molecule has 0 N–H and O–H groups in total. The molecule has 0 heterocycles. The first kappa shape index (κ1) is 14.1. The molecule has 1 rings (SSSR count). The molecule has 0 spiro atoms. The molecule has 0 atom stereocenters. The Labute approximate surface area is 110 Å². The predicted octanol–water partition coefficient (Wildman–Crippen LogP) is 4.67. The topological polar surface area (TPSA) is 9.23 Å². The number of halogens is 1. The van der Waals surface area contributed by atoms with Crippen LogP contribution < -0.4 is 0 Å². The average molecular weight is 267 g/mol. The minimum atomic E-state index is -1.78. The summed E-state index contributed by atoms with van der Waals surface area (Å²) in [5.74, 6) is 2.99. The van der Waals surface area contributed by atoms with E-state index < -0.39 is 8.32 Å². The van der Waals surface area contributed by atoms with Crippen molar-refractivity contribution in [3.63, 3.8) is 0 Å². The Balaban J connectivity index is 2.76. The Hall–Kier alpha value is -0.913. The van der Waals surface area contributed by atoms with Crippen molar-refractivity contribution in [2.75, 3.05) is 0 Å². The zero-order valence-electron chi connectivity index (χ0n) is 11.1. The van der Waals surface area contributed by atoms with Crippen LogP contribution in [0.4, 0.5) is 0 Å². The fourth-order valence-electron chi connectivity index (χ4n) is 0.931. The van der Waals surface area contributed by atoms with Gasteiger partial charge in [0.25, 0.3) is 8.32 Å². The molecule has 0 amide bonds. The van der Waals surface area contributed by atoms with Crippen LogP contribution in [0.25, 0.3) is 0 Å². The maximum absolute atomic E-state index is 5.89. The normalized spacial score (nSPS) is 11.6. The summed E-state index contributed by atoms with van der Waals surface area (Å²) in [6, 6.07) is 7.48. The zero-order valence-corrected chi connectivity index (χ0v) is 12.9. The standard InChI is InChI=1S/C14H19ClOSi/c1-14(2,3)17(4,5)16-10-9-12-7-6-8-13(15)11-12/h6-8,11H,1-5H3. The van der Waals surface area contributed by atoms with Gasteiger partial charge in [-0.1, -0.05) is 38.4 Å². The van der Waals surface area contributed by atoms with Gasteiger partial charge < -0.3 is 4.43 Å². The van der Waals surface area contributed by atoms with Crippen molar-refractivity contribution in [3.8, 4) is 12.0 Å². The van der Waals surface area contributed by atoms with Crippen molar-refractivity contribution in [1.82, 2.24) is 0 Å². The Bertz CT molecular complexity index is 449. The molecule has 0 bridgehead atoms. The SMILES string of the molecule is CC(C)(C)[Si](C)(C)OC#Cc1cccc(Cl)c1. The second kappa shape index (κ2) is 5.16. The molecule has 0 aliphatic carbocycles. The van der Waals surface area contributed by atoms with E-state index >= 15 is 0 Å². The van der Waals surface area contributed by atoms with E-state index in [2.05, 4.69) is 45.9 Å². The van der Waals surface area contributed by atoms with Gasteiger partial charge in [0.15, 0.2) is 0 Å². The molecule has 0 aromatic heterocycles. The Kier molecular flexibility index (Phi) is 4.29. The third kappa shape index (κ3) is 4.11. The van der Waals surface area contributed by atoms with Crippen LogP contribution in [0.3, 0.4) is 0 Å². The van der Waals surface area contributed by atoms with Crippen LogP contribution in [-0.4, -0.2) is 8.32 Å². The van der Waals surface area contributed by atoms with Gasteiger partial charge in [-0.2, -0.15) is 0 Å². The van der Waals surface area contributed by atoms with Crippen molar-refractivity contribution >= 4 is 19.9 Å². The van der Waals surface area contributed by atoms with E-state index in [1.807, 2.05) is 24.3 Å². The van der Waals surface area contributed by atoms with Crippen LogP contribution in [0, 0.1) is 12.0 Å². The third-order valence-corrected chi connectivity index (χ3v) is 7.59. The molecule has 0 aliphatic rings. The minimum absolute atomic E-state index is 0.177. The van der Waals surface area contributed by atoms with Gasteiger partial charge in [0.1, 0.15) is 6.11 Å². The summed E-state index contributed by atoms with van der Waals surface area (Å²) < 4.78 is 5.77. The molecule has 0 fully saturated rings. The van der Waals surface area contributed by atoms with Crippen LogP contribution in [0.15, 0.2) is 24.3 Å². The number of benzene rings is 1. The van der Waals surface area contributed by atoms with Crippen LogP contribution in [-0.2, 0) is 4.43 Å². The quantitative estimate of drug-likeness (QED) is 0.530. The highest BCUT2D eigenvalue weighted by atomic mass is 35.5. The molecule has 17 heavy (non-hydrogen) atoms. The summed E-state index contributed by atoms with van der Waals surface area (Å²) in [6.07, 6.45) is 2.83. The number of hydrogen-bond acceptors (Lipinski definition) is 1. The van der Waals surface area contributed by atoms with Gasteiger partial charge in [-0.05, 0) is 42.3 Å². The van der Waals surface area contributed by atoms with Crippen molar-refractivity contribution in [3.05, 3.63) is 34.9 Å². The van der Waals surface area contributed by atoms with Gasteiger partial charge in [-0.3, -0.25) is 0 Å². The summed E-state index contributed by atoms with van der Waals surface area (Å²) in [7, 11) is -1.78. The molecule has 1 aromatic carbocycles. The van der Waals surface area contributed by atoms with E-state index in [1.165, 1.54) is 0 Å². The van der Waals surface area contributed by atoms with E-state index in [0.717, 1.165) is 5.56 Å². The summed E-state index contributed by atoms with van der Waals surface area (Å²) in [5.41, 5.74) is 0.885. The summed E-state index contributed by atoms with van der Waals surface area (Å²) in [6.45, 7) is 10.9. The average Bonchev–Trinajstić information content (AvgIpc) is 2.15. The van der Waals surface area contributed by atoms with E-state index in [4.69, 9.17) is 16.0 Å². The molecule has 0 saturated carbocycles. The minimum Gasteiger partial charge on any atom is -0.500 e. The van der Waals surface area contributed by atoms with Crippen molar-refractivity contribution in [2.45, 2.75) is 38.9 Å². The summed E-state index contributed by atoms with van der Waals surface area (Å²) >= 11 is 5.89. The molecule has 0 radical (unpaired) electrons. The molecular formula is C14H19ClOSi. The second-order valence-electron chi connectivity index (χ2n) is 5.60. The molecule has 3 heteroatoms. The van der Waals surface area contributed by atoms with Gasteiger partial charge in [0, 0.05) is 10.6 Å². The fourth-order valence-corrected chi connectivity index (χ4v) is 1.73. The molecule has 92 valence electrons. The fraction of sp³-hybridized carbons (Fsp3) is 0.429. The maximum Gasteiger partial charge on any atom is 0.264 e. The first-order valence-electron chi connectivity index (χ1n) is 5.67. The highest BCUT2D eigenvalue weighted by molar-refractivity contribution is 6.74. The predicted molar refractivity (Wildman–Crippen MR) is 76.6 cm³/mol. The lowest BCUT2D eigenvalue weighted by Gasteiger charge is -2.33. The van der Waals surface area contributed by atoms with Gasteiger partial charge in [-0.25, -0.2) is 0 Å². The Morgan fingerprint density at radius 1 is 1.24 bits per heavy atom. The zero-order chi connectivity index (χ0) is 13.1. The smallest absolute Gasteiger partial charge is 0.264 e. The molecule has 0 unspecified atom stereocenters. The van der Waals surface area contributed by atoms with Crippen LogP contribution >= 0.6 is 11.6 Å². The first-order valence-corrected chi connectivity index (χ1v) is 8.95. The molecule has 1 aromatic rings. The van der Waals surface area contributed by atoms with Crippen LogP contribution in [0.1, 0.15) is 26.3 Å². The van der Waals surface area contributed by atoms with Crippen LogP contribution in [0.5, 0.6) is 0 Å². The van der Waals surface area contributed by atoms with Crippen molar-refractivity contribution < 1.29 is 4.43 Å². The van der Waals surface area contributed by atoms with E-state index in [-0.39, 0.29) is 5.04 Å². The van der Waals surface area contributed by atoms with Gasteiger partial charge in [0.05, 0.1) is 0 Å². The highest BCUT2D eigenvalue weighted by Crippen LogP contribution is 2.36. The summed E-state index contributed by atoms with van der Waals surface area (Å²) in [5, 5.41) is 0.875. The van der Waals surface area contributed by atoms with E-state index in [0.29, 0.717) is 5.02 Å². The molecule has 1 nitrogen and oxygen atoms in total. The number of rotatable bonds is 1. The third-order valence-electron chi connectivity index (χ3n) is 3.13. The van der Waals surface area contributed by atoms with Gasteiger partial charge in [-0.15, -0.1) is 0 Å². The molecule has 0 aliphatic heterocycles. The van der Waals surface area contributed by atoms with E-state index in [9.17, 15) is 0 Å². The van der Waals surface area contributed by atoms with Crippen LogP contribution in [0.2, 0.25) is 23.2 Å².